The van der Waals surface area contributed by atoms with Gasteiger partial charge in [0.15, 0.2) is 0 Å². The van der Waals surface area contributed by atoms with Gasteiger partial charge in [0.05, 0.1) is 5.01 Å². The van der Waals surface area contributed by atoms with Gasteiger partial charge in [-0.3, -0.25) is 0 Å². The molecule has 19 heavy (non-hydrogen) atoms. The van der Waals surface area contributed by atoms with Gasteiger partial charge in [0, 0.05) is 36.0 Å². The van der Waals surface area contributed by atoms with Crippen molar-refractivity contribution in [3.8, 4) is 0 Å². The maximum atomic E-state index is 4.52. The van der Waals surface area contributed by atoms with Crippen LogP contribution in [-0.4, -0.2) is 21.5 Å². The Morgan fingerprint density at radius 2 is 2.11 bits per heavy atom. The predicted octanol–water partition coefficient (Wildman–Crippen LogP) is 4.03. The minimum Gasteiger partial charge on any atom is -0.369 e. The predicted molar refractivity (Wildman–Crippen MR) is 82.8 cm³/mol. The molecule has 102 valence electrons. The third kappa shape index (κ3) is 3.98. The lowest BCUT2D eigenvalue weighted by atomic mass is 10.2. The minimum absolute atomic E-state index is 0.314. The number of nitrogens with one attached hydrogen (secondary N) is 1. The first-order chi connectivity index (χ1) is 9.06. The van der Waals surface area contributed by atoms with Gasteiger partial charge in [0.2, 0.25) is 0 Å². The molecule has 6 heteroatoms. The molecule has 2 aromatic heterocycles. The molecular formula is C13H17BrN4S. The average molecular weight is 341 g/mol. The maximum absolute atomic E-state index is 4.52. The molecule has 2 rings (SSSR count). The molecule has 0 amide bonds. The maximum Gasteiger partial charge on any atom is 0.134 e. The van der Waals surface area contributed by atoms with Gasteiger partial charge in [-0.1, -0.05) is 20.8 Å². The first kappa shape index (κ1) is 14.4. The van der Waals surface area contributed by atoms with Crippen LogP contribution in [0, 0.1) is 0 Å². The lowest BCUT2D eigenvalue weighted by molar-refractivity contribution is 0.759. The largest absolute Gasteiger partial charge is 0.369 e. The zero-order valence-corrected chi connectivity index (χ0v) is 13.6. The Morgan fingerprint density at radius 3 is 2.74 bits per heavy atom. The van der Waals surface area contributed by atoms with Gasteiger partial charge in [-0.2, -0.15) is 0 Å². The van der Waals surface area contributed by atoms with Gasteiger partial charge in [0.1, 0.15) is 16.2 Å². The molecule has 1 N–H and O–H groups in total. The van der Waals surface area contributed by atoms with Crippen LogP contribution in [0.25, 0.3) is 0 Å². The Labute approximate surface area is 125 Å². The summed E-state index contributed by atoms with van der Waals surface area (Å²) in [5.41, 5.74) is 0. The molecule has 0 saturated heterocycles. The highest BCUT2D eigenvalue weighted by Gasteiger charge is 2.10. The van der Waals surface area contributed by atoms with Crippen LogP contribution >= 0.6 is 27.3 Å². The minimum atomic E-state index is 0.314. The molecule has 0 saturated carbocycles. The van der Waals surface area contributed by atoms with Crippen molar-refractivity contribution in [2.24, 2.45) is 0 Å². The van der Waals surface area contributed by atoms with E-state index in [0.717, 1.165) is 27.8 Å². The van der Waals surface area contributed by atoms with Crippen molar-refractivity contribution in [1.82, 2.24) is 15.0 Å². The Bertz CT molecular complexity index is 527. The van der Waals surface area contributed by atoms with Crippen LogP contribution in [0.2, 0.25) is 0 Å². The Hall–Kier alpha value is -1.01. The lowest BCUT2D eigenvalue weighted by Crippen LogP contribution is -2.12. The number of rotatable bonds is 5. The molecule has 0 aromatic carbocycles. The fourth-order valence-electron chi connectivity index (χ4n) is 1.61. The number of anilines is 1. The molecule has 4 nitrogen and oxygen atoms in total. The van der Waals surface area contributed by atoms with Crippen molar-refractivity contribution in [3.63, 3.8) is 0 Å². The number of nitrogens with zero attached hydrogens (tertiary/aromatic N) is 3. The van der Waals surface area contributed by atoms with Gasteiger partial charge in [-0.05, 0) is 15.9 Å². The Morgan fingerprint density at radius 1 is 1.32 bits per heavy atom. The van der Waals surface area contributed by atoms with E-state index in [1.807, 2.05) is 17.6 Å². The Kier molecular flexibility index (Phi) is 4.87. The lowest BCUT2D eigenvalue weighted by Gasteiger charge is -2.12. The second-order valence-electron chi connectivity index (χ2n) is 4.74. The van der Waals surface area contributed by atoms with Crippen molar-refractivity contribution in [2.45, 2.75) is 32.6 Å². The third-order valence-corrected chi connectivity index (χ3v) is 4.10. The van der Waals surface area contributed by atoms with E-state index in [1.165, 1.54) is 0 Å². The van der Waals surface area contributed by atoms with E-state index in [9.17, 15) is 0 Å². The summed E-state index contributed by atoms with van der Waals surface area (Å²) in [7, 11) is 0. The van der Waals surface area contributed by atoms with Crippen molar-refractivity contribution < 1.29 is 0 Å². The number of halogens is 1. The van der Waals surface area contributed by atoms with E-state index in [-0.39, 0.29) is 0 Å². The van der Waals surface area contributed by atoms with Gasteiger partial charge in [-0.15, -0.1) is 11.3 Å². The van der Waals surface area contributed by atoms with Crippen molar-refractivity contribution in [1.29, 1.82) is 0 Å². The molecule has 0 spiro atoms. The van der Waals surface area contributed by atoms with Crippen molar-refractivity contribution in [3.05, 3.63) is 33.1 Å². The highest BCUT2D eigenvalue weighted by atomic mass is 79.9. The molecule has 0 radical (unpaired) electrons. The summed E-state index contributed by atoms with van der Waals surface area (Å²) in [5.74, 6) is 2.39. The molecule has 2 heterocycles. The second-order valence-corrected chi connectivity index (χ2v) is 6.48. The molecule has 0 aliphatic carbocycles. The normalized spacial score (nSPS) is 12.7. The van der Waals surface area contributed by atoms with Crippen molar-refractivity contribution in [2.75, 3.05) is 11.9 Å². The van der Waals surface area contributed by atoms with Crippen LogP contribution in [0.1, 0.15) is 43.4 Å². The first-order valence-electron chi connectivity index (χ1n) is 6.24. The summed E-state index contributed by atoms with van der Waals surface area (Å²) in [6.07, 6.45) is 1.84. The van der Waals surface area contributed by atoms with E-state index >= 15 is 0 Å². The highest BCUT2D eigenvalue weighted by molar-refractivity contribution is 9.10. The number of aromatic nitrogens is 3. The Balaban J connectivity index is 2.03. The monoisotopic (exact) mass is 340 g/mol. The van der Waals surface area contributed by atoms with Crippen LogP contribution in [0.4, 0.5) is 5.82 Å². The fraction of sp³-hybridized carbons (Fsp3) is 0.462. The summed E-state index contributed by atoms with van der Waals surface area (Å²) in [5, 5.41) is 6.50. The SMILES string of the molecule is CC(C)c1nc(Br)cc(NCC(C)c2nccs2)n1. The van der Waals surface area contributed by atoms with Gasteiger partial charge >= 0.3 is 0 Å². The summed E-state index contributed by atoms with van der Waals surface area (Å²) in [6, 6.07) is 1.90. The van der Waals surface area contributed by atoms with E-state index in [2.05, 4.69) is 57.0 Å². The first-order valence-corrected chi connectivity index (χ1v) is 7.91. The van der Waals surface area contributed by atoms with Gasteiger partial charge < -0.3 is 5.32 Å². The second kappa shape index (κ2) is 6.43. The third-order valence-electron chi connectivity index (χ3n) is 2.69. The van der Waals surface area contributed by atoms with Crippen LogP contribution in [-0.2, 0) is 0 Å². The standard InChI is InChI=1S/C13H17BrN4S/c1-8(2)12-17-10(14)6-11(18-12)16-7-9(3)13-15-4-5-19-13/h4-6,8-9H,7H2,1-3H3,(H,16,17,18). The fourth-order valence-corrected chi connectivity index (χ4v) is 2.70. The molecule has 1 unspecified atom stereocenters. The molecule has 2 aromatic rings. The molecule has 0 bridgehead atoms. The summed E-state index contributed by atoms with van der Waals surface area (Å²) in [6.45, 7) is 7.15. The van der Waals surface area contributed by atoms with E-state index < -0.39 is 0 Å². The zero-order chi connectivity index (χ0) is 13.8. The number of thiazole rings is 1. The molecule has 0 aliphatic rings. The van der Waals surface area contributed by atoms with Crippen LogP contribution in [0.3, 0.4) is 0 Å². The van der Waals surface area contributed by atoms with Crippen molar-refractivity contribution >= 4 is 33.1 Å². The molecular weight excluding hydrogens is 324 g/mol. The van der Waals surface area contributed by atoms with E-state index in [4.69, 9.17) is 0 Å². The summed E-state index contributed by atoms with van der Waals surface area (Å²) in [4.78, 5) is 13.2. The smallest absolute Gasteiger partial charge is 0.134 e. The molecule has 0 aliphatic heterocycles. The molecule has 0 fully saturated rings. The zero-order valence-electron chi connectivity index (χ0n) is 11.2. The van der Waals surface area contributed by atoms with E-state index in [1.54, 1.807) is 11.3 Å². The quantitative estimate of drug-likeness (QED) is 0.834. The summed E-state index contributed by atoms with van der Waals surface area (Å²) >= 11 is 5.11. The topological polar surface area (TPSA) is 50.7 Å². The highest BCUT2D eigenvalue weighted by Crippen LogP contribution is 2.20. The summed E-state index contributed by atoms with van der Waals surface area (Å²) < 4.78 is 0.815. The average Bonchev–Trinajstić information content (AvgIpc) is 2.89. The van der Waals surface area contributed by atoms with Gasteiger partial charge in [0.25, 0.3) is 0 Å². The van der Waals surface area contributed by atoms with Crippen LogP contribution in [0.5, 0.6) is 0 Å². The van der Waals surface area contributed by atoms with Crippen LogP contribution in [0.15, 0.2) is 22.2 Å². The molecule has 1 atom stereocenters. The van der Waals surface area contributed by atoms with Crippen LogP contribution < -0.4 is 5.32 Å². The van der Waals surface area contributed by atoms with E-state index in [0.29, 0.717) is 11.8 Å². The van der Waals surface area contributed by atoms with Gasteiger partial charge in [-0.25, -0.2) is 15.0 Å². The number of hydrogen-bond acceptors (Lipinski definition) is 5. The number of hydrogen-bond donors (Lipinski definition) is 1.